The van der Waals surface area contributed by atoms with Crippen LogP contribution in [0.25, 0.3) is 11.1 Å². The van der Waals surface area contributed by atoms with Crippen LogP contribution in [0.15, 0.2) is 73.1 Å². The lowest BCUT2D eigenvalue weighted by Gasteiger charge is -2.15. The number of carbonyl (C=O) groups is 1. The average Bonchev–Trinajstić information content (AvgIpc) is 2.63. The molecule has 5 heteroatoms. The predicted octanol–water partition coefficient (Wildman–Crippen LogP) is 3.25. The van der Waals surface area contributed by atoms with Gasteiger partial charge in [-0.25, -0.2) is 14.8 Å². The Morgan fingerprint density at radius 2 is 1.50 bits per heavy atom. The van der Waals surface area contributed by atoms with E-state index >= 15 is 0 Å². The number of rotatable bonds is 6. The van der Waals surface area contributed by atoms with Crippen LogP contribution in [0.3, 0.4) is 0 Å². The first-order valence-corrected chi connectivity index (χ1v) is 7.63. The van der Waals surface area contributed by atoms with E-state index in [0.717, 1.165) is 16.8 Å². The summed E-state index contributed by atoms with van der Waals surface area (Å²) < 4.78 is 0. The molecule has 0 aliphatic carbocycles. The summed E-state index contributed by atoms with van der Waals surface area (Å²) in [4.78, 5) is 20.1. The molecule has 0 fully saturated rings. The summed E-state index contributed by atoms with van der Waals surface area (Å²) in [6.45, 7) is 0. The van der Waals surface area contributed by atoms with E-state index in [2.05, 4.69) is 15.3 Å². The number of nitrogens with zero attached hydrogens (tertiary/aromatic N) is 2. The maximum absolute atomic E-state index is 11.5. The number of carboxylic acid groups (broad SMARTS) is 1. The van der Waals surface area contributed by atoms with Gasteiger partial charge in [0, 0.05) is 30.1 Å². The summed E-state index contributed by atoms with van der Waals surface area (Å²) in [7, 11) is 0. The second-order valence-electron chi connectivity index (χ2n) is 5.36. The largest absolute Gasteiger partial charge is 0.480 e. The molecule has 3 rings (SSSR count). The molecular weight excluding hydrogens is 302 g/mol. The molecule has 0 bridgehead atoms. The summed E-state index contributed by atoms with van der Waals surface area (Å²) >= 11 is 0. The van der Waals surface area contributed by atoms with E-state index in [4.69, 9.17) is 0 Å². The van der Waals surface area contributed by atoms with E-state index < -0.39 is 12.0 Å². The smallest absolute Gasteiger partial charge is 0.326 e. The summed E-state index contributed by atoms with van der Waals surface area (Å²) in [6, 6.07) is 18.3. The minimum absolute atomic E-state index is 0.208. The lowest BCUT2D eigenvalue weighted by molar-refractivity contribution is -0.137. The van der Waals surface area contributed by atoms with Crippen molar-refractivity contribution in [2.75, 3.05) is 5.32 Å². The molecule has 0 radical (unpaired) electrons. The second kappa shape index (κ2) is 7.37. The van der Waals surface area contributed by atoms with Crippen LogP contribution in [0.5, 0.6) is 0 Å². The Balaban J connectivity index is 1.72. The van der Waals surface area contributed by atoms with Crippen molar-refractivity contribution in [2.45, 2.75) is 12.5 Å². The van der Waals surface area contributed by atoms with E-state index in [1.807, 2.05) is 60.7 Å². The molecular formula is C19H17N3O2. The normalized spacial score (nSPS) is 11.7. The fourth-order valence-electron chi connectivity index (χ4n) is 2.36. The van der Waals surface area contributed by atoms with Gasteiger partial charge in [0.15, 0.2) is 0 Å². The molecule has 1 heterocycles. The Morgan fingerprint density at radius 1 is 0.917 bits per heavy atom. The molecule has 1 atom stereocenters. The topological polar surface area (TPSA) is 75.1 Å². The fraction of sp³-hybridized carbons (Fsp3) is 0.105. The third kappa shape index (κ3) is 3.95. The molecule has 2 N–H and O–H groups in total. The van der Waals surface area contributed by atoms with Gasteiger partial charge >= 0.3 is 5.97 Å². The van der Waals surface area contributed by atoms with Gasteiger partial charge in [-0.2, -0.15) is 0 Å². The molecule has 0 amide bonds. The summed E-state index contributed by atoms with van der Waals surface area (Å²) in [5, 5.41) is 12.4. The molecule has 5 nitrogen and oxygen atoms in total. The Kier molecular flexibility index (Phi) is 4.81. The van der Waals surface area contributed by atoms with Crippen molar-refractivity contribution in [3.05, 3.63) is 78.9 Å². The zero-order valence-corrected chi connectivity index (χ0v) is 13.0. The highest BCUT2D eigenvalue weighted by molar-refractivity contribution is 5.77. The number of carboxylic acids is 1. The molecule has 120 valence electrons. The van der Waals surface area contributed by atoms with E-state index in [0.29, 0.717) is 5.82 Å². The minimum atomic E-state index is -0.936. The zero-order chi connectivity index (χ0) is 16.8. The van der Waals surface area contributed by atoms with Crippen molar-refractivity contribution in [1.82, 2.24) is 9.97 Å². The summed E-state index contributed by atoms with van der Waals surface area (Å²) in [5.74, 6) is -0.444. The van der Waals surface area contributed by atoms with Gasteiger partial charge in [-0.1, -0.05) is 48.5 Å². The Morgan fingerprint density at radius 3 is 2.08 bits per heavy atom. The number of anilines is 1. The van der Waals surface area contributed by atoms with Gasteiger partial charge in [-0.3, -0.25) is 0 Å². The summed E-state index contributed by atoms with van der Waals surface area (Å²) in [5.41, 5.74) is 2.69. The first-order chi connectivity index (χ1) is 11.7. The second-order valence-corrected chi connectivity index (χ2v) is 5.36. The van der Waals surface area contributed by atoms with Gasteiger partial charge < -0.3 is 10.4 Å². The molecule has 3 aromatic rings. The molecule has 1 aromatic heterocycles. The maximum atomic E-state index is 11.5. The standard InChI is InChI=1S/C19H17N3O2/c23-19(24)17(22-16-9-5-2-6-10-16)11-18-20-12-15(13-21-18)14-7-3-1-4-8-14/h1-10,12-13,17,22H,11H2,(H,23,24). The van der Waals surface area contributed by atoms with Crippen LogP contribution in [0, 0.1) is 0 Å². The molecule has 0 aliphatic rings. The van der Waals surface area contributed by atoms with Gasteiger partial charge in [0.1, 0.15) is 11.9 Å². The fourth-order valence-corrected chi connectivity index (χ4v) is 2.36. The number of aliphatic carboxylic acids is 1. The van der Waals surface area contributed by atoms with Gasteiger partial charge in [-0.15, -0.1) is 0 Å². The van der Waals surface area contributed by atoms with Crippen LogP contribution in [0.4, 0.5) is 5.69 Å². The third-order valence-electron chi connectivity index (χ3n) is 3.61. The van der Waals surface area contributed by atoms with E-state index in [1.165, 1.54) is 0 Å². The van der Waals surface area contributed by atoms with E-state index in [-0.39, 0.29) is 6.42 Å². The minimum Gasteiger partial charge on any atom is -0.480 e. The SMILES string of the molecule is O=C(O)C(Cc1ncc(-c2ccccc2)cn1)Nc1ccccc1. The summed E-state index contributed by atoms with van der Waals surface area (Å²) in [6.07, 6.45) is 3.65. The Hall–Kier alpha value is -3.21. The molecule has 24 heavy (non-hydrogen) atoms. The van der Waals surface area contributed by atoms with Gasteiger partial charge in [0.05, 0.1) is 0 Å². The van der Waals surface area contributed by atoms with Crippen molar-refractivity contribution in [2.24, 2.45) is 0 Å². The number of nitrogens with one attached hydrogen (secondary N) is 1. The molecule has 0 saturated carbocycles. The lowest BCUT2D eigenvalue weighted by Crippen LogP contribution is -2.32. The highest BCUT2D eigenvalue weighted by Gasteiger charge is 2.19. The van der Waals surface area contributed by atoms with Crippen LogP contribution in [-0.4, -0.2) is 27.1 Å². The molecule has 0 spiro atoms. The number of benzene rings is 2. The maximum Gasteiger partial charge on any atom is 0.326 e. The number of para-hydroxylation sites is 1. The van der Waals surface area contributed by atoms with E-state index in [9.17, 15) is 9.90 Å². The first-order valence-electron chi connectivity index (χ1n) is 7.63. The monoisotopic (exact) mass is 319 g/mol. The van der Waals surface area contributed by atoms with Crippen molar-refractivity contribution in [1.29, 1.82) is 0 Å². The first kappa shape index (κ1) is 15.7. The average molecular weight is 319 g/mol. The van der Waals surface area contributed by atoms with Crippen LogP contribution in [-0.2, 0) is 11.2 Å². The molecule has 0 saturated heterocycles. The molecule has 0 aliphatic heterocycles. The van der Waals surface area contributed by atoms with E-state index in [1.54, 1.807) is 12.4 Å². The number of hydrogen-bond donors (Lipinski definition) is 2. The zero-order valence-electron chi connectivity index (χ0n) is 13.0. The van der Waals surface area contributed by atoms with Gasteiger partial charge in [0.25, 0.3) is 0 Å². The van der Waals surface area contributed by atoms with Crippen LogP contribution in [0.1, 0.15) is 5.82 Å². The van der Waals surface area contributed by atoms with Crippen LogP contribution >= 0.6 is 0 Å². The van der Waals surface area contributed by atoms with Gasteiger partial charge in [0.2, 0.25) is 0 Å². The predicted molar refractivity (Wildman–Crippen MR) is 92.7 cm³/mol. The van der Waals surface area contributed by atoms with Crippen molar-refractivity contribution < 1.29 is 9.90 Å². The lowest BCUT2D eigenvalue weighted by atomic mass is 10.1. The highest BCUT2D eigenvalue weighted by Crippen LogP contribution is 2.17. The quantitative estimate of drug-likeness (QED) is 0.729. The Labute approximate surface area is 140 Å². The molecule has 2 aromatic carbocycles. The number of hydrogen-bond acceptors (Lipinski definition) is 4. The van der Waals surface area contributed by atoms with Crippen molar-refractivity contribution in [3.8, 4) is 11.1 Å². The third-order valence-corrected chi connectivity index (χ3v) is 3.61. The van der Waals surface area contributed by atoms with Crippen molar-refractivity contribution >= 4 is 11.7 Å². The van der Waals surface area contributed by atoms with Crippen LogP contribution < -0.4 is 5.32 Å². The number of aromatic nitrogens is 2. The highest BCUT2D eigenvalue weighted by atomic mass is 16.4. The van der Waals surface area contributed by atoms with Gasteiger partial charge in [-0.05, 0) is 17.7 Å². The Bertz CT molecular complexity index is 790. The van der Waals surface area contributed by atoms with Crippen molar-refractivity contribution in [3.63, 3.8) is 0 Å². The molecule has 1 unspecified atom stereocenters. The van der Waals surface area contributed by atoms with Crippen LogP contribution in [0.2, 0.25) is 0 Å².